The zero-order valence-corrected chi connectivity index (χ0v) is 14.7. The van der Waals surface area contributed by atoms with Crippen LogP contribution in [-0.4, -0.2) is 41.5 Å². The number of nitrogens with zero attached hydrogens (tertiary/aromatic N) is 1. The van der Waals surface area contributed by atoms with Crippen molar-refractivity contribution in [3.05, 3.63) is 35.9 Å². The molecule has 1 N–H and O–H groups in total. The Bertz CT molecular complexity index is 530. The maximum absolute atomic E-state index is 11.7. The van der Waals surface area contributed by atoms with E-state index >= 15 is 0 Å². The molecule has 1 unspecified atom stereocenters. The zero-order chi connectivity index (χ0) is 18.1. The molecule has 25 heavy (non-hydrogen) atoms. The molecule has 1 heterocycles. The second-order valence-corrected chi connectivity index (χ2v) is 6.43. The summed E-state index contributed by atoms with van der Waals surface area (Å²) in [6.07, 6.45) is 4.77. The van der Waals surface area contributed by atoms with E-state index in [9.17, 15) is 14.7 Å². The molecule has 3 atom stereocenters. The monoisotopic (exact) mass is 349 g/mol. The van der Waals surface area contributed by atoms with Gasteiger partial charge in [0.25, 0.3) is 0 Å². The van der Waals surface area contributed by atoms with E-state index in [2.05, 4.69) is 0 Å². The van der Waals surface area contributed by atoms with Gasteiger partial charge in [-0.1, -0.05) is 30.3 Å². The third-order valence-corrected chi connectivity index (χ3v) is 4.61. The van der Waals surface area contributed by atoms with Crippen LogP contribution in [0.5, 0.6) is 0 Å². The van der Waals surface area contributed by atoms with Gasteiger partial charge in [0.1, 0.15) is 0 Å². The zero-order valence-electron chi connectivity index (χ0n) is 14.7. The second kappa shape index (κ2) is 10.2. The van der Waals surface area contributed by atoms with E-state index < -0.39 is 24.2 Å². The predicted molar refractivity (Wildman–Crippen MR) is 92.5 cm³/mol. The van der Waals surface area contributed by atoms with Gasteiger partial charge in [-0.05, 0) is 44.6 Å². The Morgan fingerprint density at radius 1 is 1.40 bits per heavy atom. The molecule has 1 saturated heterocycles. The molecule has 138 valence electrons. The lowest BCUT2D eigenvalue weighted by Gasteiger charge is -2.33. The fourth-order valence-electron chi connectivity index (χ4n) is 3.07. The Morgan fingerprint density at radius 2 is 2.16 bits per heavy atom. The minimum absolute atomic E-state index is 0.472. The molecule has 1 aromatic carbocycles. The van der Waals surface area contributed by atoms with Crippen LogP contribution in [0.3, 0.4) is 0 Å². The number of carboxylic acids is 1. The van der Waals surface area contributed by atoms with Gasteiger partial charge < -0.3 is 9.84 Å². The summed E-state index contributed by atoms with van der Waals surface area (Å²) in [5.74, 6) is -1.60. The smallest absolute Gasteiger partial charge is 0.308 e. The summed E-state index contributed by atoms with van der Waals surface area (Å²) >= 11 is 0. The molecular weight excluding hydrogens is 322 g/mol. The summed E-state index contributed by atoms with van der Waals surface area (Å²) in [6.45, 7) is 2.31. The molecule has 0 aliphatic carbocycles. The number of rotatable bonds is 10. The van der Waals surface area contributed by atoms with E-state index in [0.29, 0.717) is 25.9 Å². The summed E-state index contributed by atoms with van der Waals surface area (Å²) in [4.78, 5) is 28.6. The molecule has 2 rings (SSSR count). The summed E-state index contributed by atoms with van der Waals surface area (Å²) in [7, 11) is 0. The molecule has 1 amide bonds. The summed E-state index contributed by atoms with van der Waals surface area (Å²) in [5, 5.41) is 10.7. The Kier molecular flexibility index (Phi) is 7.88. The third-order valence-electron chi connectivity index (χ3n) is 4.61. The summed E-state index contributed by atoms with van der Waals surface area (Å²) < 4.78 is 5.47. The fourth-order valence-corrected chi connectivity index (χ4v) is 3.07. The van der Waals surface area contributed by atoms with E-state index in [0.717, 1.165) is 30.7 Å². The Morgan fingerprint density at radius 3 is 2.76 bits per heavy atom. The quantitative estimate of drug-likeness (QED) is 0.519. The molecule has 0 saturated carbocycles. The topological polar surface area (TPSA) is 76.1 Å². The Balaban J connectivity index is 1.89. The SMILES string of the molecule is C[C@@H]([C@H](CCCc1ccccc1)C(=O)O)N(C=O)OC1CCCCO1. The number of carbonyl (C=O) groups excluding carboxylic acids is 1. The molecule has 1 aliphatic heterocycles. The van der Waals surface area contributed by atoms with E-state index in [4.69, 9.17) is 9.57 Å². The first-order chi connectivity index (χ1) is 12.1. The maximum Gasteiger partial charge on any atom is 0.308 e. The average molecular weight is 349 g/mol. The maximum atomic E-state index is 11.7. The van der Waals surface area contributed by atoms with Gasteiger partial charge in [-0.2, -0.15) is 0 Å². The van der Waals surface area contributed by atoms with Crippen molar-refractivity contribution in [2.75, 3.05) is 6.61 Å². The first kappa shape index (κ1) is 19.4. The van der Waals surface area contributed by atoms with Gasteiger partial charge in [0.05, 0.1) is 12.0 Å². The number of amides is 1. The number of hydroxylamine groups is 2. The van der Waals surface area contributed by atoms with Crippen LogP contribution < -0.4 is 0 Å². The van der Waals surface area contributed by atoms with Gasteiger partial charge in [0.15, 0.2) is 6.29 Å². The lowest BCUT2D eigenvalue weighted by molar-refractivity contribution is -0.288. The molecule has 0 radical (unpaired) electrons. The van der Waals surface area contributed by atoms with Crippen molar-refractivity contribution in [1.29, 1.82) is 0 Å². The number of carboxylic acid groups (broad SMARTS) is 1. The van der Waals surface area contributed by atoms with Crippen LogP contribution in [0.2, 0.25) is 0 Å². The van der Waals surface area contributed by atoms with Gasteiger partial charge in [-0.25, -0.2) is 9.90 Å². The van der Waals surface area contributed by atoms with Gasteiger partial charge in [-0.15, -0.1) is 0 Å². The number of benzene rings is 1. The third kappa shape index (κ3) is 6.14. The van der Waals surface area contributed by atoms with Crippen molar-refractivity contribution < 1.29 is 24.3 Å². The van der Waals surface area contributed by atoms with Crippen LogP contribution in [0.1, 0.15) is 44.6 Å². The van der Waals surface area contributed by atoms with Crippen molar-refractivity contribution in [3.8, 4) is 0 Å². The molecule has 0 spiro atoms. The molecule has 6 nitrogen and oxygen atoms in total. The largest absolute Gasteiger partial charge is 0.481 e. The number of ether oxygens (including phenoxy) is 1. The van der Waals surface area contributed by atoms with E-state index in [1.807, 2.05) is 30.3 Å². The highest BCUT2D eigenvalue weighted by Gasteiger charge is 2.31. The molecule has 6 heteroatoms. The van der Waals surface area contributed by atoms with Crippen LogP contribution in [0.4, 0.5) is 0 Å². The number of carbonyl (C=O) groups is 2. The minimum atomic E-state index is -0.916. The van der Waals surface area contributed by atoms with Crippen LogP contribution in [0, 0.1) is 5.92 Å². The van der Waals surface area contributed by atoms with Gasteiger partial charge in [-0.3, -0.25) is 9.59 Å². The number of aryl methyl sites for hydroxylation is 1. The van der Waals surface area contributed by atoms with Crippen molar-refractivity contribution in [2.45, 2.75) is 57.8 Å². The van der Waals surface area contributed by atoms with Gasteiger partial charge in [0, 0.05) is 13.0 Å². The van der Waals surface area contributed by atoms with Crippen molar-refractivity contribution in [3.63, 3.8) is 0 Å². The first-order valence-corrected chi connectivity index (χ1v) is 8.90. The van der Waals surface area contributed by atoms with Crippen molar-refractivity contribution >= 4 is 12.4 Å². The van der Waals surface area contributed by atoms with Crippen molar-refractivity contribution in [2.24, 2.45) is 5.92 Å². The van der Waals surface area contributed by atoms with E-state index in [-0.39, 0.29) is 0 Å². The standard InChI is InChI=1S/C19H27NO5/c1-15(20(14-21)25-18-12-5-6-13-24-18)17(19(22)23)11-7-10-16-8-3-2-4-9-16/h2-4,8-9,14-15,17-18H,5-7,10-13H2,1H3,(H,22,23)/t15-,17-,18?/m0/s1. The van der Waals surface area contributed by atoms with Crippen LogP contribution in [-0.2, 0) is 25.6 Å². The highest BCUT2D eigenvalue weighted by atomic mass is 16.8. The van der Waals surface area contributed by atoms with E-state index in [1.165, 1.54) is 5.56 Å². The van der Waals surface area contributed by atoms with Crippen LogP contribution >= 0.6 is 0 Å². The van der Waals surface area contributed by atoms with Crippen LogP contribution in [0.25, 0.3) is 0 Å². The minimum Gasteiger partial charge on any atom is -0.481 e. The lowest BCUT2D eigenvalue weighted by atomic mass is 9.93. The molecular formula is C19H27NO5. The normalized spacial score (nSPS) is 19.8. The second-order valence-electron chi connectivity index (χ2n) is 6.43. The Labute approximate surface area is 148 Å². The predicted octanol–water partition coefficient (Wildman–Crippen LogP) is 3.02. The molecule has 1 aliphatic rings. The molecule has 1 fully saturated rings. The Hall–Kier alpha value is -1.92. The summed E-state index contributed by atoms with van der Waals surface area (Å²) in [6, 6.07) is 9.40. The first-order valence-electron chi connectivity index (χ1n) is 8.90. The van der Waals surface area contributed by atoms with Gasteiger partial charge >= 0.3 is 5.97 Å². The molecule has 0 aromatic heterocycles. The van der Waals surface area contributed by atoms with Gasteiger partial charge in [0.2, 0.25) is 6.41 Å². The van der Waals surface area contributed by atoms with Crippen LogP contribution in [0.15, 0.2) is 30.3 Å². The highest BCUT2D eigenvalue weighted by Crippen LogP contribution is 2.22. The number of hydrogen-bond acceptors (Lipinski definition) is 4. The fraction of sp³-hybridized carbons (Fsp3) is 0.579. The number of hydrogen-bond donors (Lipinski definition) is 1. The van der Waals surface area contributed by atoms with Crippen molar-refractivity contribution in [1.82, 2.24) is 5.06 Å². The highest BCUT2D eigenvalue weighted by molar-refractivity contribution is 5.71. The molecule has 1 aromatic rings. The lowest BCUT2D eigenvalue weighted by Crippen LogP contribution is -2.44. The number of aliphatic carboxylic acids is 1. The van der Waals surface area contributed by atoms with E-state index in [1.54, 1.807) is 6.92 Å². The molecule has 0 bridgehead atoms. The summed E-state index contributed by atoms with van der Waals surface area (Å²) in [5.41, 5.74) is 1.18. The average Bonchev–Trinajstić information content (AvgIpc) is 2.64.